The van der Waals surface area contributed by atoms with Crippen molar-refractivity contribution < 1.29 is 19.5 Å². The van der Waals surface area contributed by atoms with Crippen molar-refractivity contribution in [1.29, 1.82) is 0 Å². The van der Waals surface area contributed by atoms with Gasteiger partial charge in [-0.1, -0.05) is 62.4 Å². The van der Waals surface area contributed by atoms with Crippen LogP contribution >= 0.6 is 0 Å². The van der Waals surface area contributed by atoms with E-state index in [-0.39, 0.29) is 36.0 Å². The molecule has 1 saturated heterocycles. The maximum absolute atomic E-state index is 13.4. The summed E-state index contributed by atoms with van der Waals surface area (Å²) in [6.45, 7) is 6.24. The molecule has 9 heteroatoms. The highest BCUT2D eigenvalue weighted by atomic mass is 16.3. The molecule has 46 heavy (non-hydrogen) atoms. The number of fused-ring (bicyclic) bond motifs is 1. The van der Waals surface area contributed by atoms with Gasteiger partial charge in [0.25, 0.3) is 5.91 Å². The molecule has 2 heterocycles. The molecule has 0 bridgehead atoms. The summed E-state index contributed by atoms with van der Waals surface area (Å²) in [5.41, 5.74) is 11.3. The van der Waals surface area contributed by atoms with E-state index in [2.05, 4.69) is 41.2 Å². The Kier molecular flexibility index (Phi) is 10.8. The van der Waals surface area contributed by atoms with Gasteiger partial charge < -0.3 is 21.1 Å². The molecule has 2 amide bonds. The van der Waals surface area contributed by atoms with E-state index in [9.17, 15) is 19.5 Å². The zero-order chi connectivity index (χ0) is 32.6. The maximum Gasteiger partial charge on any atom is 0.255 e. The molecular weight excluding hydrogens is 578 g/mol. The van der Waals surface area contributed by atoms with Crippen LogP contribution in [0, 0.1) is 5.92 Å². The first-order valence-electron chi connectivity index (χ1n) is 16.1. The second-order valence-corrected chi connectivity index (χ2v) is 12.1. The van der Waals surface area contributed by atoms with Gasteiger partial charge in [0.05, 0.1) is 5.69 Å². The van der Waals surface area contributed by atoms with Crippen LogP contribution in [-0.2, 0) is 16.1 Å². The third kappa shape index (κ3) is 7.78. The normalized spacial score (nSPS) is 17.8. The second kappa shape index (κ2) is 15.1. The number of aliphatic imine (C=N–C) groups is 1. The molecule has 2 atom stereocenters. The number of aliphatic hydroxyl groups excluding tert-OH is 1. The average Bonchev–Trinajstić information content (AvgIpc) is 3.40. The van der Waals surface area contributed by atoms with Crippen LogP contribution in [-0.4, -0.2) is 64.6 Å². The second-order valence-electron chi connectivity index (χ2n) is 12.1. The molecule has 4 N–H and O–H groups in total. The lowest BCUT2D eigenvalue weighted by Gasteiger charge is -2.25. The highest BCUT2D eigenvalue weighted by Crippen LogP contribution is 2.38. The molecule has 3 aromatic rings. The average molecular weight is 622 g/mol. The minimum absolute atomic E-state index is 0.0342. The molecule has 1 fully saturated rings. The largest absolute Gasteiger partial charge is 0.389 e. The minimum Gasteiger partial charge on any atom is -0.389 e. The zero-order valence-corrected chi connectivity index (χ0v) is 26.6. The fourth-order valence-electron chi connectivity index (χ4n) is 6.36. The van der Waals surface area contributed by atoms with Crippen LogP contribution in [0.2, 0.25) is 0 Å². The number of anilines is 1. The summed E-state index contributed by atoms with van der Waals surface area (Å²) in [5, 5.41) is 12.5. The van der Waals surface area contributed by atoms with Crippen LogP contribution < -0.4 is 11.1 Å². The van der Waals surface area contributed by atoms with Gasteiger partial charge >= 0.3 is 0 Å². The van der Waals surface area contributed by atoms with Crippen molar-refractivity contribution in [2.24, 2.45) is 16.6 Å². The van der Waals surface area contributed by atoms with E-state index in [4.69, 9.17) is 5.73 Å². The van der Waals surface area contributed by atoms with E-state index >= 15 is 0 Å². The number of nitrogens with one attached hydrogen (secondary N) is 1. The number of rotatable bonds is 12. The highest BCUT2D eigenvalue weighted by molar-refractivity contribution is 6.08. The molecule has 240 valence electrons. The minimum atomic E-state index is -0.466. The lowest BCUT2D eigenvalue weighted by Crippen LogP contribution is -2.34. The van der Waals surface area contributed by atoms with Crippen molar-refractivity contribution in [3.63, 3.8) is 0 Å². The fraction of sp³-hybridized carbons (Fsp3) is 0.351. The monoisotopic (exact) mass is 621 g/mol. The summed E-state index contributed by atoms with van der Waals surface area (Å²) >= 11 is 0. The summed E-state index contributed by atoms with van der Waals surface area (Å²) in [5.74, 6) is -0.409. The van der Waals surface area contributed by atoms with E-state index in [0.717, 1.165) is 29.5 Å². The third-order valence-corrected chi connectivity index (χ3v) is 8.58. The Morgan fingerprint density at radius 3 is 2.48 bits per heavy atom. The van der Waals surface area contributed by atoms with Crippen molar-refractivity contribution in [2.45, 2.75) is 52.1 Å². The molecule has 9 nitrogen and oxygen atoms in total. The lowest BCUT2D eigenvalue weighted by atomic mass is 9.96. The van der Waals surface area contributed by atoms with E-state index in [1.807, 2.05) is 53.4 Å². The van der Waals surface area contributed by atoms with Gasteiger partial charge in [0.1, 0.15) is 12.4 Å². The number of Topliss-reactive ketones (excluding diaryl/α,β-unsaturated/α-hetero) is 1. The van der Waals surface area contributed by atoms with Crippen LogP contribution in [0.3, 0.4) is 0 Å². The SMILES string of the molecule is CCCN(CCC)C(=O)C1=Cc2ccc(C(=O)Nc3cccc([C@@H]4C[C@@H](C(=O)CO)CN4Cc4ccccc4)c3)cc2N=C(N)C1. The summed E-state index contributed by atoms with van der Waals surface area (Å²) < 4.78 is 0. The fourth-order valence-corrected chi connectivity index (χ4v) is 6.36. The Hall–Kier alpha value is -4.60. The summed E-state index contributed by atoms with van der Waals surface area (Å²) in [4.78, 5) is 47.9. The lowest BCUT2D eigenvalue weighted by molar-refractivity contribution is -0.127. The molecule has 0 spiro atoms. The molecular formula is C37H43N5O4. The van der Waals surface area contributed by atoms with Gasteiger partial charge in [0, 0.05) is 66.9 Å². The summed E-state index contributed by atoms with van der Waals surface area (Å²) in [6, 6.07) is 23.0. The molecule has 0 aliphatic carbocycles. The zero-order valence-electron chi connectivity index (χ0n) is 26.6. The van der Waals surface area contributed by atoms with Gasteiger partial charge in [0.2, 0.25) is 5.91 Å². The number of nitrogens with zero attached hydrogens (tertiary/aromatic N) is 3. The number of likely N-dealkylation sites (tertiary alicyclic amines) is 1. The molecule has 0 unspecified atom stereocenters. The molecule has 0 aromatic heterocycles. The number of benzene rings is 3. The number of hydrogen-bond donors (Lipinski definition) is 3. The van der Waals surface area contributed by atoms with Crippen LogP contribution in [0.5, 0.6) is 0 Å². The standard InChI is InChI=1S/C37H43N5O4/c1-3-15-41(16-4-2)37(46)29-17-26-13-14-28(19-32(26)40-35(38)21-29)36(45)39-31-12-8-11-27(18-31)33-20-30(34(44)24-43)23-42(33)22-25-9-6-5-7-10-25/h5-14,17-19,30,33,43H,3-4,15-16,20-24H2,1-2H3,(H2,38,40)(H,39,45)/t30-,33+/m1/s1. The topological polar surface area (TPSA) is 128 Å². The van der Waals surface area contributed by atoms with Crippen molar-refractivity contribution in [2.75, 3.05) is 31.6 Å². The van der Waals surface area contributed by atoms with Crippen molar-refractivity contribution >= 4 is 40.9 Å². The number of hydrogen-bond acceptors (Lipinski definition) is 7. The van der Waals surface area contributed by atoms with Gasteiger partial charge in [-0.3, -0.25) is 19.3 Å². The van der Waals surface area contributed by atoms with Crippen LogP contribution in [0.1, 0.15) is 72.6 Å². The molecule has 5 rings (SSSR count). The number of aliphatic hydroxyl groups is 1. The van der Waals surface area contributed by atoms with Crippen LogP contribution in [0.15, 0.2) is 83.4 Å². The quantitative estimate of drug-likeness (QED) is 0.246. The van der Waals surface area contributed by atoms with Crippen LogP contribution in [0.4, 0.5) is 11.4 Å². The van der Waals surface area contributed by atoms with E-state index < -0.39 is 6.61 Å². The molecule has 0 saturated carbocycles. The van der Waals surface area contributed by atoms with Gasteiger partial charge in [-0.2, -0.15) is 0 Å². The smallest absolute Gasteiger partial charge is 0.255 e. The van der Waals surface area contributed by atoms with Gasteiger partial charge in [-0.05, 0) is 60.7 Å². The van der Waals surface area contributed by atoms with Crippen molar-refractivity contribution in [1.82, 2.24) is 9.80 Å². The maximum atomic E-state index is 13.4. The third-order valence-electron chi connectivity index (χ3n) is 8.58. The van der Waals surface area contributed by atoms with E-state index in [0.29, 0.717) is 60.9 Å². The molecule has 0 radical (unpaired) electrons. The van der Waals surface area contributed by atoms with Gasteiger partial charge in [-0.15, -0.1) is 0 Å². The first-order valence-corrected chi connectivity index (χ1v) is 16.1. The molecule has 2 aliphatic heterocycles. The van der Waals surface area contributed by atoms with Crippen LogP contribution in [0.25, 0.3) is 6.08 Å². The predicted molar refractivity (Wildman–Crippen MR) is 182 cm³/mol. The van der Waals surface area contributed by atoms with Gasteiger partial charge in [-0.25, -0.2) is 4.99 Å². The molecule has 3 aromatic carbocycles. The van der Waals surface area contributed by atoms with E-state index in [1.165, 1.54) is 0 Å². The number of ketones is 1. The number of nitrogens with two attached hydrogens (primary N) is 1. The Morgan fingerprint density at radius 2 is 1.76 bits per heavy atom. The molecule has 2 aliphatic rings. The Bertz CT molecular complexity index is 1630. The van der Waals surface area contributed by atoms with E-state index in [1.54, 1.807) is 18.2 Å². The highest BCUT2D eigenvalue weighted by Gasteiger charge is 2.36. The van der Waals surface area contributed by atoms with Gasteiger partial charge in [0.15, 0.2) is 5.78 Å². The number of carbonyl (C=O) groups is 3. The Morgan fingerprint density at radius 1 is 1.00 bits per heavy atom. The van der Waals surface area contributed by atoms with Crippen molar-refractivity contribution in [3.05, 3.63) is 101 Å². The number of amidine groups is 1. The summed E-state index contributed by atoms with van der Waals surface area (Å²) in [7, 11) is 0. The summed E-state index contributed by atoms with van der Waals surface area (Å²) in [6.07, 6.45) is 4.43. The first-order chi connectivity index (χ1) is 22.3. The number of amides is 2. The van der Waals surface area contributed by atoms with Crippen molar-refractivity contribution in [3.8, 4) is 0 Å². The number of carbonyl (C=O) groups excluding carboxylic acids is 3. The predicted octanol–water partition coefficient (Wildman–Crippen LogP) is 5.49. The first kappa shape index (κ1) is 32.8. The Labute approximate surface area is 270 Å². The Balaban J connectivity index is 1.34.